The van der Waals surface area contributed by atoms with E-state index in [1.165, 1.54) is 5.84 Å². The summed E-state index contributed by atoms with van der Waals surface area (Å²) in [4.78, 5) is 4.44. The highest BCUT2D eigenvalue weighted by Crippen LogP contribution is 2.15. The third-order valence-electron chi connectivity index (χ3n) is 1.82. The fourth-order valence-corrected chi connectivity index (χ4v) is 1.37. The van der Waals surface area contributed by atoms with Crippen molar-refractivity contribution in [1.29, 1.82) is 0 Å². The van der Waals surface area contributed by atoms with Crippen LogP contribution in [-0.2, 0) is 0 Å². The Balaban J connectivity index is 2.21. The zero-order valence-electron chi connectivity index (χ0n) is 6.12. The Hall–Kier alpha value is -0.860. The van der Waals surface area contributed by atoms with Gasteiger partial charge in [0.15, 0.2) is 0 Å². The van der Waals surface area contributed by atoms with Gasteiger partial charge >= 0.3 is 0 Å². The predicted octanol–water partition coefficient (Wildman–Crippen LogP) is 0.869. The van der Waals surface area contributed by atoms with Crippen LogP contribution in [-0.4, -0.2) is 29.6 Å². The Labute approximate surface area is 60.4 Å². The summed E-state index contributed by atoms with van der Waals surface area (Å²) >= 11 is 0. The zero-order chi connectivity index (χ0) is 6.97. The molecule has 0 N–H and O–H groups in total. The summed E-state index contributed by atoms with van der Waals surface area (Å²) in [5, 5.41) is 6.23. The van der Waals surface area contributed by atoms with Crippen molar-refractivity contribution in [2.45, 2.75) is 25.8 Å². The molecule has 3 heteroatoms. The fourth-order valence-electron chi connectivity index (χ4n) is 1.37. The summed E-state index contributed by atoms with van der Waals surface area (Å²) < 4.78 is 0. The van der Waals surface area contributed by atoms with E-state index in [2.05, 4.69) is 17.0 Å². The minimum absolute atomic E-state index is 0.449. The van der Waals surface area contributed by atoms with Crippen LogP contribution in [0.3, 0.4) is 0 Å². The summed E-state index contributed by atoms with van der Waals surface area (Å²) in [6, 6.07) is 0.449. The van der Waals surface area contributed by atoms with Crippen LogP contribution in [0.4, 0.5) is 0 Å². The molecule has 0 aromatic rings. The van der Waals surface area contributed by atoms with Gasteiger partial charge in [-0.2, -0.15) is 5.10 Å². The maximum atomic E-state index is 4.44. The second kappa shape index (κ2) is 2.08. The topological polar surface area (TPSA) is 28.0 Å². The lowest BCUT2D eigenvalue weighted by atomic mass is 10.3. The minimum atomic E-state index is 0.449. The Kier molecular flexibility index (Phi) is 1.22. The largest absolute Gasteiger partial charge is 0.266 e. The Morgan fingerprint density at radius 1 is 1.70 bits per heavy atom. The quantitative estimate of drug-likeness (QED) is 0.487. The lowest BCUT2D eigenvalue weighted by Gasteiger charge is -2.16. The molecular weight excluding hydrogens is 126 g/mol. The predicted molar refractivity (Wildman–Crippen MR) is 41.3 cm³/mol. The lowest BCUT2D eigenvalue weighted by molar-refractivity contribution is 0.445. The first-order chi connectivity index (χ1) is 4.86. The summed E-state index contributed by atoms with van der Waals surface area (Å²) in [7, 11) is 0. The van der Waals surface area contributed by atoms with Gasteiger partial charge in [0.05, 0.1) is 12.6 Å². The summed E-state index contributed by atoms with van der Waals surface area (Å²) in [5.74, 6) is 1.18. The van der Waals surface area contributed by atoms with Crippen molar-refractivity contribution < 1.29 is 0 Å². The molecule has 1 atom stereocenters. The van der Waals surface area contributed by atoms with Gasteiger partial charge in [0.1, 0.15) is 5.84 Å². The van der Waals surface area contributed by atoms with Gasteiger partial charge in [-0.25, -0.2) is 0 Å². The van der Waals surface area contributed by atoms with E-state index in [4.69, 9.17) is 0 Å². The van der Waals surface area contributed by atoms with Gasteiger partial charge in [0, 0.05) is 12.6 Å². The van der Waals surface area contributed by atoms with E-state index in [-0.39, 0.29) is 0 Å². The van der Waals surface area contributed by atoms with Crippen molar-refractivity contribution in [3.8, 4) is 0 Å². The van der Waals surface area contributed by atoms with E-state index in [9.17, 15) is 0 Å². The van der Waals surface area contributed by atoms with Crippen molar-refractivity contribution in [3.63, 3.8) is 0 Å². The fraction of sp³-hybridized carbons (Fsp3) is 0.714. The van der Waals surface area contributed by atoms with E-state index in [1.807, 2.05) is 11.2 Å². The molecule has 1 unspecified atom stereocenters. The first kappa shape index (κ1) is 5.89. The molecule has 0 aliphatic carbocycles. The third-order valence-corrected chi connectivity index (χ3v) is 1.82. The maximum absolute atomic E-state index is 4.44. The molecule has 0 saturated carbocycles. The molecule has 0 aromatic heterocycles. The molecule has 3 nitrogen and oxygen atoms in total. The van der Waals surface area contributed by atoms with Crippen LogP contribution in [0.5, 0.6) is 0 Å². The molecule has 2 aliphatic heterocycles. The summed E-state index contributed by atoms with van der Waals surface area (Å²) in [6.45, 7) is 3.10. The molecule has 2 aliphatic rings. The number of hydrogen-bond donors (Lipinski definition) is 0. The van der Waals surface area contributed by atoms with Crippen LogP contribution >= 0.6 is 0 Å². The number of nitrogens with zero attached hydrogens (tertiary/aromatic N) is 3. The molecule has 0 fully saturated rings. The molecule has 0 saturated heterocycles. The van der Waals surface area contributed by atoms with Crippen molar-refractivity contribution in [1.82, 2.24) is 5.01 Å². The van der Waals surface area contributed by atoms with E-state index in [0.717, 1.165) is 19.4 Å². The summed E-state index contributed by atoms with van der Waals surface area (Å²) in [6.07, 6.45) is 4.10. The lowest BCUT2D eigenvalue weighted by Crippen LogP contribution is -2.26. The van der Waals surface area contributed by atoms with E-state index < -0.39 is 0 Å². The van der Waals surface area contributed by atoms with Crippen LogP contribution in [0.1, 0.15) is 19.8 Å². The maximum Gasteiger partial charge on any atom is 0.120 e. The zero-order valence-corrected chi connectivity index (χ0v) is 6.12. The monoisotopic (exact) mass is 137 g/mol. The van der Waals surface area contributed by atoms with E-state index in [1.54, 1.807) is 0 Å². The normalized spacial score (nSPS) is 30.3. The van der Waals surface area contributed by atoms with Crippen molar-refractivity contribution >= 4 is 12.1 Å². The van der Waals surface area contributed by atoms with Gasteiger partial charge in [0.2, 0.25) is 0 Å². The van der Waals surface area contributed by atoms with Gasteiger partial charge < -0.3 is 0 Å². The average Bonchev–Trinajstić information content (AvgIpc) is 2.27. The SMILES string of the molecule is CC1CN2N=CCCC2=N1. The highest BCUT2D eigenvalue weighted by Gasteiger charge is 2.22. The van der Waals surface area contributed by atoms with Gasteiger partial charge in [0.25, 0.3) is 0 Å². The number of aliphatic imine (C=N–C) groups is 1. The third kappa shape index (κ3) is 0.818. The van der Waals surface area contributed by atoms with Crippen LogP contribution < -0.4 is 0 Å². The second-order valence-corrected chi connectivity index (χ2v) is 2.81. The number of hydrogen-bond acceptors (Lipinski definition) is 3. The number of fused-ring (bicyclic) bond motifs is 1. The molecule has 2 heterocycles. The highest BCUT2D eigenvalue weighted by molar-refractivity contribution is 5.88. The van der Waals surface area contributed by atoms with Gasteiger partial charge in [-0.15, -0.1) is 0 Å². The Morgan fingerprint density at radius 2 is 2.60 bits per heavy atom. The number of rotatable bonds is 0. The average molecular weight is 137 g/mol. The first-order valence-electron chi connectivity index (χ1n) is 3.73. The van der Waals surface area contributed by atoms with Crippen molar-refractivity contribution in [2.24, 2.45) is 10.1 Å². The van der Waals surface area contributed by atoms with Crippen molar-refractivity contribution in [3.05, 3.63) is 0 Å². The molecule has 54 valence electrons. The van der Waals surface area contributed by atoms with Crippen molar-refractivity contribution in [2.75, 3.05) is 6.54 Å². The molecule has 0 radical (unpaired) electrons. The second-order valence-electron chi connectivity index (χ2n) is 2.81. The smallest absolute Gasteiger partial charge is 0.120 e. The van der Waals surface area contributed by atoms with Gasteiger partial charge in [-0.1, -0.05) is 0 Å². The first-order valence-corrected chi connectivity index (χ1v) is 3.73. The number of amidine groups is 1. The van der Waals surface area contributed by atoms with Crippen LogP contribution in [0.25, 0.3) is 0 Å². The van der Waals surface area contributed by atoms with Gasteiger partial charge in [-0.05, 0) is 13.3 Å². The molecule has 10 heavy (non-hydrogen) atoms. The van der Waals surface area contributed by atoms with E-state index >= 15 is 0 Å². The summed E-state index contributed by atoms with van der Waals surface area (Å²) in [5.41, 5.74) is 0. The highest BCUT2D eigenvalue weighted by atomic mass is 15.5. The molecule has 0 aromatic carbocycles. The molecule has 0 amide bonds. The van der Waals surface area contributed by atoms with Crippen LogP contribution in [0.2, 0.25) is 0 Å². The number of hydrazone groups is 1. The molecule has 2 rings (SSSR count). The molecular formula is C7H11N3. The minimum Gasteiger partial charge on any atom is -0.266 e. The molecule has 0 bridgehead atoms. The van der Waals surface area contributed by atoms with Crippen LogP contribution in [0.15, 0.2) is 10.1 Å². The van der Waals surface area contributed by atoms with E-state index in [0.29, 0.717) is 6.04 Å². The Morgan fingerprint density at radius 3 is 3.40 bits per heavy atom. The molecule has 0 spiro atoms. The standard InChI is InChI=1S/C7H11N3/c1-6-5-10-7(9-6)3-2-4-8-10/h4,6H,2-3,5H2,1H3. The Bertz CT molecular complexity index is 195. The van der Waals surface area contributed by atoms with Crippen LogP contribution in [0, 0.1) is 0 Å². The van der Waals surface area contributed by atoms with Gasteiger partial charge in [-0.3, -0.25) is 10.0 Å².